The van der Waals surface area contributed by atoms with Crippen molar-refractivity contribution in [2.24, 2.45) is 5.84 Å². The number of carbonyl (C=O) groups excluding carboxylic acids is 1. The monoisotopic (exact) mass is 217 g/mol. The molecule has 0 aliphatic rings. The molecule has 0 atom stereocenters. The van der Waals surface area contributed by atoms with Crippen molar-refractivity contribution in [1.82, 2.24) is 20.2 Å². The largest absolute Gasteiger partial charge is 0.289 e. The maximum atomic E-state index is 11.2. The summed E-state index contributed by atoms with van der Waals surface area (Å²) in [5, 5.41) is 4.06. The molecule has 0 aliphatic heterocycles. The smallest absolute Gasteiger partial charge is 0.283 e. The molecule has 0 saturated carbocycles. The molecule has 0 bridgehead atoms. The highest BCUT2D eigenvalue weighted by atomic mass is 16.2. The summed E-state index contributed by atoms with van der Waals surface area (Å²) in [6.45, 7) is 0.526. The third kappa shape index (κ3) is 2.23. The van der Waals surface area contributed by atoms with E-state index in [4.69, 9.17) is 5.84 Å². The van der Waals surface area contributed by atoms with Gasteiger partial charge in [0.05, 0.1) is 12.2 Å². The molecule has 2 heterocycles. The molecule has 0 aromatic carbocycles. The Bertz CT molecular complexity index is 480. The van der Waals surface area contributed by atoms with Crippen molar-refractivity contribution in [2.45, 2.75) is 6.54 Å². The average Bonchev–Trinajstić information content (AvgIpc) is 2.81. The first-order valence-corrected chi connectivity index (χ1v) is 4.74. The summed E-state index contributed by atoms with van der Waals surface area (Å²) in [6, 6.07) is 7.02. The van der Waals surface area contributed by atoms with Crippen LogP contribution in [0.25, 0.3) is 0 Å². The van der Waals surface area contributed by atoms with Gasteiger partial charge in [0, 0.05) is 12.4 Å². The van der Waals surface area contributed by atoms with Crippen LogP contribution in [0.3, 0.4) is 0 Å². The van der Waals surface area contributed by atoms with E-state index in [-0.39, 0.29) is 0 Å². The minimum Gasteiger partial charge on any atom is -0.289 e. The molecule has 1 amide bonds. The number of hydrogen-bond acceptors (Lipinski definition) is 4. The number of hydrogen-bond donors (Lipinski definition) is 2. The lowest BCUT2D eigenvalue weighted by Gasteiger charge is -2.03. The number of carbonyl (C=O) groups is 1. The molecule has 0 unspecified atom stereocenters. The minimum atomic E-state index is -0.401. The average molecular weight is 217 g/mol. The van der Waals surface area contributed by atoms with E-state index >= 15 is 0 Å². The molecule has 6 nitrogen and oxygen atoms in total. The molecule has 82 valence electrons. The molecular weight excluding hydrogens is 206 g/mol. The van der Waals surface area contributed by atoms with E-state index < -0.39 is 5.91 Å². The van der Waals surface area contributed by atoms with Crippen LogP contribution in [0.15, 0.2) is 36.7 Å². The van der Waals surface area contributed by atoms with Gasteiger partial charge in [-0.15, -0.1) is 0 Å². The van der Waals surface area contributed by atoms with Crippen molar-refractivity contribution < 1.29 is 4.79 Å². The van der Waals surface area contributed by atoms with Crippen molar-refractivity contribution >= 4 is 5.91 Å². The highest BCUT2D eigenvalue weighted by molar-refractivity contribution is 5.91. The van der Waals surface area contributed by atoms with Crippen LogP contribution < -0.4 is 11.3 Å². The van der Waals surface area contributed by atoms with Gasteiger partial charge in [0.2, 0.25) is 0 Å². The number of pyridine rings is 1. The topological polar surface area (TPSA) is 85.8 Å². The van der Waals surface area contributed by atoms with Crippen LogP contribution >= 0.6 is 0 Å². The lowest BCUT2D eigenvalue weighted by atomic mass is 10.3. The summed E-state index contributed by atoms with van der Waals surface area (Å²) >= 11 is 0. The number of nitrogen functional groups attached to an aromatic ring is 1. The van der Waals surface area contributed by atoms with Gasteiger partial charge in [-0.25, -0.2) is 10.8 Å². The van der Waals surface area contributed by atoms with E-state index in [2.05, 4.69) is 10.1 Å². The Labute approximate surface area is 92.1 Å². The van der Waals surface area contributed by atoms with Gasteiger partial charge in [-0.1, -0.05) is 6.07 Å². The SMILES string of the molecule is NNC(=O)c1cccc(Cn2cccn2)n1. The number of nitrogens with zero attached hydrogens (tertiary/aromatic N) is 3. The fraction of sp³-hybridized carbons (Fsp3) is 0.100. The van der Waals surface area contributed by atoms with E-state index in [1.165, 1.54) is 0 Å². The fourth-order valence-corrected chi connectivity index (χ4v) is 1.33. The van der Waals surface area contributed by atoms with Gasteiger partial charge in [0.15, 0.2) is 0 Å². The summed E-state index contributed by atoms with van der Waals surface area (Å²) in [5.74, 6) is 4.63. The molecule has 2 rings (SSSR count). The van der Waals surface area contributed by atoms with E-state index in [0.29, 0.717) is 12.2 Å². The van der Waals surface area contributed by atoms with Crippen molar-refractivity contribution in [3.63, 3.8) is 0 Å². The molecule has 0 saturated heterocycles. The molecule has 0 aliphatic carbocycles. The summed E-state index contributed by atoms with van der Waals surface area (Å²) in [6.07, 6.45) is 3.52. The lowest BCUT2D eigenvalue weighted by Crippen LogP contribution is -2.30. The second-order valence-electron chi connectivity index (χ2n) is 3.19. The molecule has 16 heavy (non-hydrogen) atoms. The highest BCUT2D eigenvalue weighted by Crippen LogP contribution is 2.01. The third-order valence-corrected chi connectivity index (χ3v) is 2.05. The lowest BCUT2D eigenvalue weighted by molar-refractivity contribution is 0.0948. The van der Waals surface area contributed by atoms with Gasteiger partial charge in [-0.3, -0.25) is 14.9 Å². The van der Waals surface area contributed by atoms with Crippen LogP contribution in [0, 0.1) is 0 Å². The van der Waals surface area contributed by atoms with Gasteiger partial charge in [-0.05, 0) is 18.2 Å². The van der Waals surface area contributed by atoms with Crippen LogP contribution in [0.2, 0.25) is 0 Å². The van der Waals surface area contributed by atoms with Crippen molar-refractivity contribution in [1.29, 1.82) is 0 Å². The highest BCUT2D eigenvalue weighted by Gasteiger charge is 2.05. The Hall–Kier alpha value is -2.21. The second kappa shape index (κ2) is 4.54. The molecule has 3 N–H and O–H groups in total. The number of aromatic nitrogens is 3. The summed E-state index contributed by atoms with van der Waals surface area (Å²) in [5.41, 5.74) is 3.10. The quantitative estimate of drug-likeness (QED) is 0.428. The maximum Gasteiger partial charge on any atom is 0.283 e. The predicted octanol–water partition coefficient (Wildman–Crippen LogP) is -0.0701. The zero-order valence-corrected chi connectivity index (χ0v) is 8.50. The predicted molar refractivity (Wildman–Crippen MR) is 57.2 cm³/mol. The molecule has 0 fully saturated rings. The molecule has 6 heteroatoms. The molecule has 0 radical (unpaired) electrons. The number of rotatable bonds is 3. The first-order chi connectivity index (χ1) is 7.79. The van der Waals surface area contributed by atoms with E-state index in [0.717, 1.165) is 5.69 Å². The Morgan fingerprint density at radius 1 is 1.44 bits per heavy atom. The van der Waals surface area contributed by atoms with Crippen LogP contribution in [-0.4, -0.2) is 20.7 Å². The summed E-state index contributed by atoms with van der Waals surface area (Å²) in [4.78, 5) is 15.4. The number of hydrazine groups is 1. The van der Waals surface area contributed by atoms with Crippen molar-refractivity contribution in [2.75, 3.05) is 0 Å². The fourth-order valence-electron chi connectivity index (χ4n) is 1.33. The normalized spacial score (nSPS) is 10.1. The van der Waals surface area contributed by atoms with Crippen molar-refractivity contribution in [3.05, 3.63) is 48.0 Å². The van der Waals surface area contributed by atoms with Crippen LogP contribution in [0.4, 0.5) is 0 Å². The maximum absolute atomic E-state index is 11.2. The first-order valence-electron chi connectivity index (χ1n) is 4.74. The van der Waals surface area contributed by atoms with Crippen LogP contribution in [0.1, 0.15) is 16.2 Å². The summed E-state index contributed by atoms with van der Waals surface area (Å²) < 4.78 is 1.73. The zero-order valence-electron chi connectivity index (χ0n) is 8.50. The van der Waals surface area contributed by atoms with E-state index in [1.807, 2.05) is 23.8 Å². The van der Waals surface area contributed by atoms with Gasteiger partial charge in [0.25, 0.3) is 5.91 Å². The molecule has 2 aromatic heterocycles. The number of nitrogens with two attached hydrogens (primary N) is 1. The van der Waals surface area contributed by atoms with Gasteiger partial charge in [-0.2, -0.15) is 5.10 Å². The number of nitrogens with one attached hydrogen (secondary N) is 1. The number of amides is 1. The van der Waals surface area contributed by atoms with Gasteiger partial charge in [0.1, 0.15) is 5.69 Å². The summed E-state index contributed by atoms with van der Waals surface area (Å²) in [7, 11) is 0. The second-order valence-corrected chi connectivity index (χ2v) is 3.19. The van der Waals surface area contributed by atoms with Crippen LogP contribution in [0.5, 0.6) is 0 Å². The first kappa shape index (κ1) is 10.3. The van der Waals surface area contributed by atoms with E-state index in [9.17, 15) is 4.79 Å². The Morgan fingerprint density at radius 2 is 2.31 bits per heavy atom. The van der Waals surface area contributed by atoms with Gasteiger partial charge >= 0.3 is 0 Å². The van der Waals surface area contributed by atoms with Crippen LogP contribution in [-0.2, 0) is 6.54 Å². The molecule has 2 aromatic rings. The Balaban J connectivity index is 2.19. The third-order valence-electron chi connectivity index (χ3n) is 2.05. The van der Waals surface area contributed by atoms with E-state index in [1.54, 1.807) is 23.0 Å². The Morgan fingerprint density at radius 3 is 3.00 bits per heavy atom. The minimum absolute atomic E-state index is 0.298. The van der Waals surface area contributed by atoms with Gasteiger partial charge < -0.3 is 0 Å². The molecular formula is C10H11N5O. The zero-order chi connectivity index (χ0) is 11.4. The standard InChI is InChI=1S/C10H11N5O/c11-14-10(16)9-4-1-3-8(13-9)7-15-6-2-5-12-15/h1-6H,7,11H2,(H,14,16). The Kier molecular flexibility index (Phi) is 2.93. The molecule has 0 spiro atoms. The van der Waals surface area contributed by atoms with Crippen molar-refractivity contribution in [3.8, 4) is 0 Å².